The van der Waals surface area contributed by atoms with Crippen LogP contribution in [-0.4, -0.2) is 3.21 Å². The molecule has 1 atom stereocenters. The van der Waals surface area contributed by atoms with Crippen molar-refractivity contribution in [2.75, 3.05) is 0 Å². The van der Waals surface area contributed by atoms with Gasteiger partial charge in [-0.2, -0.15) is 0 Å². The molecule has 2 aliphatic carbocycles. The van der Waals surface area contributed by atoms with Crippen LogP contribution in [0.15, 0.2) is 167 Å². The van der Waals surface area contributed by atoms with Crippen LogP contribution in [0, 0.1) is 17.3 Å². The topological polar surface area (TPSA) is 0 Å². The van der Waals surface area contributed by atoms with Gasteiger partial charge in [0, 0.05) is 0 Å². The predicted molar refractivity (Wildman–Crippen MR) is 225 cm³/mol. The van der Waals surface area contributed by atoms with Crippen LogP contribution in [0.25, 0.3) is 33.4 Å². The van der Waals surface area contributed by atoms with E-state index in [1.165, 1.54) is 64.4 Å². The third-order valence-corrected chi connectivity index (χ3v) is 19.9. The maximum absolute atomic E-state index is 6.61. The molecular formula is C50H44Cl4Zr. The molecule has 6 aromatic rings. The third-order valence-electron chi connectivity index (χ3n) is 11.0. The minimum absolute atomic E-state index is 0. The smallest absolute Gasteiger partial charge is 1.00 e. The Hall–Kier alpha value is -3.29. The zero-order valence-corrected chi connectivity index (χ0v) is 37.2. The molecule has 1 unspecified atom stereocenters. The average molecular weight is 878 g/mol. The molecule has 0 amide bonds. The maximum Gasteiger partial charge on any atom is -1.00 e. The molecule has 0 radical (unpaired) electrons. The second kappa shape index (κ2) is 17.1. The van der Waals surface area contributed by atoms with E-state index in [-0.39, 0.29) is 33.9 Å². The van der Waals surface area contributed by atoms with Crippen molar-refractivity contribution in [3.05, 3.63) is 199 Å². The van der Waals surface area contributed by atoms with Crippen molar-refractivity contribution in [2.24, 2.45) is 17.3 Å². The largest absolute Gasteiger partial charge is 1.00 e. The van der Waals surface area contributed by atoms with E-state index in [2.05, 4.69) is 192 Å². The quantitative estimate of drug-likeness (QED) is 0.151. The first-order valence-corrected chi connectivity index (χ1v) is 23.3. The Balaban J connectivity index is 0.00000257. The molecular weight excluding hydrogens is 834 g/mol. The molecule has 5 heteroatoms. The van der Waals surface area contributed by atoms with E-state index in [0.717, 1.165) is 10.0 Å². The van der Waals surface area contributed by atoms with Gasteiger partial charge in [-0.05, 0) is 0 Å². The summed E-state index contributed by atoms with van der Waals surface area (Å²) in [5.74, 6) is 0.815. The zero-order valence-electron chi connectivity index (χ0n) is 31.8. The van der Waals surface area contributed by atoms with E-state index < -0.39 is 21.3 Å². The van der Waals surface area contributed by atoms with Gasteiger partial charge in [0.2, 0.25) is 0 Å². The van der Waals surface area contributed by atoms with Gasteiger partial charge in [0.1, 0.15) is 0 Å². The minimum Gasteiger partial charge on any atom is -1.00 e. The van der Waals surface area contributed by atoms with E-state index in [9.17, 15) is 0 Å². The molecule has 0 bridgehead atoms. The molecule has 0 aromatic heterocycles. The number of rotatable bonds is 7. The fraction of sp³-hybridized carbons (Fsp3) is 0.180. The molecule has 6 aromatic carbocycles. The Morgan fingerprint density at radius 2 is 1.00 bits per heavy atom. The Bertz CT molecular complexity index is 2260. The summed E-state index contributed by atoms with van der Waals surface area (Å²) in [7, 11) is 0. The molecule has 0 saturated carbocycles. The third kappa shape index (κ3) is 8.26. The number of fused-ring (bicyclic) bond motifs is 3. The van der Waals surface area contributed by atoms with Gasteiger partial charge in [-0.15, -0.1) is 0 Å². The first-order valence-electron chi connectivity index (χ1n) is 18.7. The number of benzene rings is 6. The number of halogens is 4. The summed E-state index contributed by atoms with van der Waals surface area (Å²) in [6.45, 7) is 11.9. The molecule has 0 heterocycles. The van der Waals surface area contributed by atoms with Crippen LogP contribution < -0.4 is 24.8 Å². The number of hydrogen-bond acceptors (Lipinski definition) is 0. The van der Waals surface area contributed by atoms with Crippen molar-refractivity contribution in [3.8, 4) is 33.4 Å². The minimum atomic E-state index is -3.15. The van der Waals surface area contributed by atoms with Crippen molar-refractivity contribution in [2.45, 2.75) is 38.2 Å². The summed E-state index contributed by atoms with van der Waals surface area (Å²) in [6, 6.07) is 53.5. The summed E-state index contributed by atoms with van der Waals surface area (Å²) in [4.78, 5) is 0. The Kier molecular flexibility index (Phi) is 12.8. The van der Waals surface area contributed by atoms with E-state index in [1.807, 2.05) is 0 Å². The van der Waals surface area contributed by atoms with Crippen molar-refractivity contribution in [3.63, 3.8) is 0 Å². The van der Waals surface area contributed by atoms with Gasteiger partial charge in [-0.3, -0.25) is 0 Å². The van der Waals surface area contributed by atoms with Crippen LogP contribution in [0.1, 0.15) is 60.5 Å². The zero-order chi connectivity index (χ0) is 36.9. The Morgan fingerprint density at radius 1 is 0.564 bits per heavy atom. The molecule has 8 rings (SSSR count). The average Bonchev–Trinajstić information content (AvgIpc) is 3.76. The van der Waals surface area contributed by atoms with E-state index in [0.29, 0.717) is 11.8 Å². The fourth-order valence-electron chi connectivity index (χ4n) is 8.23. The summed E-state index contributed by atoms with van der Waals surface area (Å²) < 4.78 is 3.38. The van der Waals surface area contributed by atoms with Crippen molar-refractivity contribution in [1.82, 2.24) is 0 Å². The van der Waals surface area contributed by atoms with Gasteiger partial charge in [0.15, 0.2) is 0 Å². The predicted octanol–water partition coefficient (Wildman–Crippen LogP) is 8.43. The molecule has 0 spiro atoms. The van der Waals surface area contributed by atoms with Gasteiger partial charge in [0.25, 0.3) is 0 Å². The maximum atomic E-state index is 6.61. The number of allylic oxidation sites excluding steroid dienone is 4. The first kappa shape index (κ1) is 41.3. The van der Waals surface area contributed by atoms with Gasteiger partial charge >= 0.3 is 335 Å². The normalized spacial score (nSPS) is 14.5. The molecule has 2 aliphatic rings. The van der Waals surface area contributed by atoms with Crippen LogP contribution >= 0.6 is 23.2 Å². The monoisotopic (exact) mass is 874 g/mol. The summed E-state index contributed by atoms with van der Waals surface area (Å²) >= 11 is 10.1. The van der Waals surface area contributed by atoms with E-state index in [1.54, 1.807) is 3.28 Å². The van der Waals surface area contributed by atoms with Gasteiger partial charge in [-0.25, -0.2) is 0 Å². The second-order valence-corrected chi connectivity index (χ2v) is 22.8. The van der Waals surface area contributed by atoms with Crippen molar-refractivity contribution in [1.29, 1.82) is 0 Å². The Morgan fingerprint density at radius 3 is 1.40 bits per heavy atom. The SMILES string of the molecule is CC(C)C1C=C(C(C)(C)C)C=[C]1[Zr+2](=[C](c1ccc(Cl)cc1)c1ccc(Cl)cc1)[CH]1c2cc(-c3ccccc3)ccc2-c2ccc(-c3ccccc3)cc21.[Cl-].[Cl-]. The molecule has 0 saturated heterocycles. The molecule has 55 heavy (non-hydrogen) atoms. The first-order chi connectivity index (χ1) is 25.6. The van der Waals surface area contributed by atoms with E-state index >= 15 is 0 Å². The van der Waals surface area contributed by atoms with Crippen LogP contribution in [-0.2, 0) is 21.3 Å². The summed E-state index contributed by atoms with van der Waals surface area (Å²) in [5, 5.41) is 1.51. The van der Waals surface area contributed by atoms with Crippen LogP contribution in [0.3, 0.4) is 0 Å². The van der Waals surface area contributed by atoms with Crippen LogP contribution in [0.2, 0.25) is 10.0 Å². The van der Waals surface area contributed by atoms with Crippen LogP contribution in [0.4, 0.5) is 0 Å². The molecule has 0 aliphatic heterocycles. The Labute approximate surface area is 357 Å². The molecule has 0 nitrogen and oxygen atoms in total. The summed E-state index contributed by atoms with van der Waals surface area (Å²) in [5.41, 5.74) is 14.6. The van der Waals surface area contributed by atoms with Gasteiger partial charge in [-0.1, -0.05) is 0 Å². The van der Waals surface area contributed by atoms with Crippen LogP contribution in [0.5, 0.6) is 0 Å². The fourth-order valence-corrected chi connectivity index (χ4v) is 18.4. The van der Waals surface area contributed by atoms with Gasteiger partial charge in [0.05, 0.1) is 0 Å². The molecule has 0 N–H and O–H groups in total. The number of hydrogen-bond donors (Lipinski definition) is 0. The van der Waals surface area contributed by atoms with E-state index in [4.69, 9.17) is 23.2 Å². The van der Waals surface area contributed by atoms with Crippen molar-refractivity contribution < 1.29 is 46.1 Å². The van der Waals surface area contributed by atoms with Crippen molar-refractivity contribution >= 4 is 26.4 Å². The van der Waals surface area contributed by atoms with Gasteiger partial charge < -0.3 is 24.8 Å². The summed E-state index contributed by atoms with van der Waals surface area (Å²) in [6.07, 6.45) is 5.25. The molecule has 276 valence electrons. The molecule has 0 fully saturated rings. The second-order valence-electron chi connectivity index (χ2n) is 15.8. The standard InChI is InChI=1S/C25H17.C13H8Cl2.C12H19.2ClH.Zr/c1-3-7-18(8-4-1)20-11-13-24-22(15-20)17-23-16-21(12-14-25(23)24)19-9-5-2-6-10-19;14-12-5-1-10(2-6-12)9-11-3-7-13(15)8-4-11;1-9(2)10-6-7-11(8-10)12(3,4)5;;;/h1-17H;1-8H;7-10H,1-5H3;2*1H;/q;;;;;+2/p-2.